The van der Waals surface area contributed by atoms with Gasteiger partial charge in [0.05, 0.1) is 18.3 Å². The van der Waals surface area contributed by atoms with Crippen molar-refractivity contribution in [3.63, 3.8) is 0 Å². The van der Waals surface area contributed by atoms with Gasteiger partial charge in [-0.3, -0.25) is 0 Å². The molecule has 166 valence electrons. The second kappa shape index (κ2) is 8.77. The molecule has 1 atom stereocenters. The Morgan fingerprint density at radius 2 is 1.73 bits per heavy atom. The van der Waals surface area contributed by atoms with Gasteiger partial charge < -0.3 is 24.1 Å². The highest BCUT2D eigenvalue weighted by Crippen LogP contribution is 2.36. The molecular weight excluding hydrogens is 408 g/mol. The molecule has 0 aliphatic carbocycles. The van der Waals surface area contributed by atoms with E-state index in [4.69, 9.17) is 30.4 Å². The molecule has 1 heterocycles. The molecule has 1 fully saturated rings. The van der Waals surface area contributed by atoms with Gasteiger partial charge in [-0.1, -0.05) is 23.7 Å². The van der Waals surface area contributed by atoms with Crippen molar-refractivity contribution in [1.82, 2.24) is 5.32 Å². The maximum atomic E-state index is 12.2. The van der Waals surface area contributed by atoms with E-state index in [1.54, 1.807) is 32.9 Å². The summed E-state index contributed by atoms with van der Waals surface area (Å²) < 4.78 is 22.2. The van der Waals surface area contributed by atoms with Crippen molar-refractivity contribution < 1.29 is 28.4 Å². The lowest BCUT2D eigenvalue weighted by Crippen LogP contribution is -2.45. The second-order valence-electron chi connectivity index (χ2n) is 9.37. The van der Waals surface area contributed by atoms with E-state index in [1.165, 1.54) is 7.11 Å². The average molecular weight is 440 g/mol. The van der Waals surface area contributed by atoms with Crippen LogP contribution in [-0.2, 0) is 30.0 Å². The number of methoxy groups -OCH3 is 1. The van der Waals surface area contributed by atoms with Crippen molar-refractivity contribution >= 4 is 36.2 Å². The fraction of sp³-hybridized carbons (Fsp3) is 0.619. The molecule has 0 spiro atoms. The molecule has 0 unspecified atom stereocenters. The number of nitrogens with one attached hydrogen (secondary N) is 1. The first-order valence-corrected chi connectivity index (χ1v) is 10.2. The third-order valence-electron chi connectivity index (χ3n) is 5.20. The summed E-state index contributed by atoms with van der Waals surface area (Å²) in [5, 5.41) is 2.98. The van der Waals surface area contributed by atoms with Crippen LogP contribution in [0.15, 0.2) is 18.2 Å². The molecule has 1 aliphatic rings. The van der Waals surface area contributed by atoms with E-state index in [1.807, 2.05) is 33.8 Å². The standard InChI is InChI=1S/C21H31BClNO6/c1-19(2,3)28-18(26)24-16(17(25)27-8)11-13-9-10-14(12-15(13)23)22-29-20(4,5)21(6,7)30-22/h9-10,12,16H,11H2,1-8H3,(H,24,26)/t16-/m0/s1. The molecule has 2 rings (SSSR count). The lowest BCUT2D eigenvalue weighted by Gasteiger charge is -2.32. The minimum atomic E-state index is -0.940. The van der Waals surface area contributed by atoms with Crippen molar-refractivity contribution in [2.45, 2.75) is 77.7 Å². The second-order valence-corrected chi connectivity index (χ2v) is 9.77. The Bertz CT molecular complexity index is 789. The number of carbonyl (C=O) groups excluding carboxylic acids is 2. The summed E-state index contributed by atoms with van der Waals surface area (Å²) in [5.74, 6) is -0.591. The van der Waals surface area contributed by atoms with Gasteiger partial charge in [-0.05, 0) is 65.6 Å². The molecule has 0 radical (unpaired) electrons. The maximum Gasteiger partial charge on any atom is 0.494 e. The summed E-state index contributed by atoms with van der Waals surface area (Å²) in [6.45, 7) is 13.1. The highest BCUT2D eigenvalue weighted by atomic mass is 35.5. The highest BCUT2D eigenvalue weighted by Gasteiger charge is 2.51. The number of esters is 1. The van der Waals surface area contributed by atoms with Crippen LogP contribution in [0.4, 0.5) is 4.79 Å². The topological polar surface area (TPSA) is 83.1 Å². The molecule has 1 aliphatic heterocycles. The monoisotopic (exact) mass is 439 g/mol. The summed E-state index contributed by atoms with van der Waals surface area (Å²) in [5.41, 5.74) is -0.167. The summed E-state index contributed by atoms with van der Waals surface area (Å²) in [6, 6.07) is 4.44. The molecule has 1 aromatic carbocycles. The SMILES string of the molecule is COC(=O)[C@H](Cc1ccc(B2OC(C)(C)C(C)(C)O2)cc1Cl)NC(=O)OC(C)(C)C. The highest BCUT2D eigenvalue weighted by molar-refractivity contribution is 6.62. The van der Waals surface area contributed by atoms with Crippen molar-refractivity contribution in [3.8, 4) is 0 Å². The fourth-order valence-corrected chi connectivity index (χ4v) is 3.13. The van der Waals surface area contributed by atoms with Crippen LogP contribution >= 0.6 is 11.6 Å². The van der Waals surface area contributed by atoms with Gasteiger partial charge in [0.15, 0.2) is 0 Å². The lowest BCUT2D eigenvalue weighted by molar-refractivity contribution is -0.143. The number of hydrogen-bond acceptors (Lipinski definition) is 6. The summed E-state index contributed by atoms with van der Waals surface area (Å²) in [4.78, 5) is 24.3. The van der Waals surface area contributed by atoms with Crippen molar-refractivity contribution in [2.75, 3.05) is 7.11 Å². The largest absolute Gasteiger partial charge is 0.494 e. The smallest absolute Gasteiger partial charge is 0.467 e. The maximum absolute atomic E-state index is 12.2. The Labute approximate surface area is 183 Å². The zero-order chi connectivity index (χ0) is 22.9. The Hall–Kier alpha value is -1.77. The number of rotatable bonds is 5. The third-order valence-corrected chi connectivity index (χ3v) is 5.56. The number of alkyl carbamates (subject to hydrolysis) is 1. The van der Waals surface area contributed by atoms with E-state index in [2.05, 4.69) is 5.32 Å². The Kier molecular flexibility index (Phi) is 7.16. The van der Waals surface area contributed by atoms with Crippen LogP contribution in [0, 0.1) is 0 Å². The Morgan fingerprint density at radius 3 is 2.20 bits per heavy atom. The molecule has 1 saturated heterocycles. The Morgan fingerprint density at radius 1 is 1.17 bits per heavy atom. The van der Waals surface area contributed by atoms with Crippen LogP contribution in [0.2, 0.25) is 5.02 Å². The van der Waals surface area contributed by atoms with E-state index < -0.39 is 42.0 Å². The minimum absolute atomic E-state index is 0.147. The van der Waals surface area contributed by atoms with Crippen LogP contribution < -0.4 is 10.8 Å². The normalized spacial score (nSPS) is 18.6. The van der Waals surface area contributed by atoms with Gasteiger partial charge in [0.25, 0.3) is 0 Å². The van der Waals surface area contributed by atoms with Gasteiger partial charge in [0.1, 0.15) is 11.6 Å². The fourth-order valence-electron chi connectivity index (χ4n) is 2.86. The molecule has 7 nitrogen and oxygen atoms in total. The molecule has 1 aromatic rings. The molecule has 0 saturated carbocycles. The average Bonchev–Trinajstić information content (AvgIpc) is 2.81. The number of carbonyl (C=O) groups is 2. The zero-order valence-corrected chi connectivity index (χ0v) is 19.7. The first kappa shape index (κ1) is 24.5. The van der Waals surface area contributed by atoms with Crippen LogP contribution in [0.1, 0.15) is 54.0 Å². The predicted octanol–water partition coefficient (Wildman–Crippen LogP) is 3.25. The van der Waals surface area contributed by atoms with Crippen LogP contribution in [-0.4, -0.2) is 49.1 Å². The molecule has 9 heteroatoms. The van der Waals surface area contributed by atoms with E-state index in [0.717, 1.165) is 5.46 Å². The predicted molar refractivity (Wildman–Crippen MR) is 116 cm³/mol. The van der Waals surface area contributed by atoms with Crippen LogP contribution in [0.25, 0.3) is 0 Å². The van der Waals surface area contributed by atoms with Crippen molar-refractivity contribution in [2.24, 2.45) is 0 Å². The first-order valence-electron chi connectivity index (χ1n) is 9.86. The molecule has 30 heavy (non-hydrogen) atoms. The third kappa shape index (κ3) is 5.90. The van der Waals surface area contributed by atoms with Crippen molar-refractivity contribution in [1.29, 1.82) is 0 Å². The molecule has 0 bridgehead atoms. The Balaban J connectivity index is 2.16. The summed E-state index contributed by atoms with van der Waals surface area (Å²) in [6.07, 6.45) is -0.558. The molecular formula is C21H31BClNO6. The van der Waals surface area contributed by atoms with E-state index in [-0.39, 0.29) is 6.42 Å². The van der Waals surface area contributed by atoms with Gasteiger partial charge in [0.2, 0.25) is 0 Å². The van der Waals surface area contributed by atoms with Gasteiger partial charge in [-0.25, -0.2) is 9.59 Å². The van der Waals surface area contributed by atoms with E-state index >= 15 is 0 Å². The van der Waals surface area contributed by atoms with Gasteiger partial charge >= 0.3 is 19.2 Å². The number of hydrogen-bond donors (Lipinski definition) is 1. The summed E-state index contributed by atoms with van der Waals surface area (Å²) in [7, 11) is 0.715. The van der Waals surface area contributed by atoms with Crippen LogP contribution in [0.5, 0.6) is 0 Å². The van der Waals surface area contributed by atoms with Gasteiger partial charge in [-0.2, -0.15) is 0 Å². The molecule has 1 N–H and O–H groups in total. The number of benzene rings is 1. The van der Waals surface area contributed by atoms with Gasteiger partial charge in [-0.15, -0.1) is 0 Å². The van der Waals surface area contributed by atoms with E-state index in [0.29, 0.717) is 10.6 Å². The lowest BCUT2D eigenvalue weighted by atomic mass is 9.78. The zero-order valence-electron chi connectivity index (χ0n) is 18.9. The molecule has 0 aromatic heterocycles. The number of halogens is 1. The van der Waals surface area contributed by atoms with Crippen molar-refractivity contribution in [3.05, 3.63) is 28.8 Å². The summed E-state index contributed by atoms with van der Waals surface area (Å²) >= 11 is 6.48. The minimum Gasteiger partial charge on any atom is -0.467 e. The quantitative estimate of drug-likeness (QED) is 0.560. The van der Waals surface area contributed by atoms with Crippen LogP contribution in [0.3, 0.4) is 0 Å². The molecule has 1 amide bonds. The first-order chi connectivity index (χ1) is 13.6. The van der Waals surface area contributed by atoms with E-state index in [9.17, 15) is 9.59 Å². The number of ether oxygens (including phenoxy) is 2. The van der Waals surface area contributed by atoms with Gasteiger partial charge in [0, 0.05) is 11.4 Å². The number of amides is 1.